The Hall–Kier alpha value is 7.68. The molecule has 0 spiro atoms. The van der Waals surface area contributed by atoms with Gasteiger partial charge in [-0.3, -0.25) is 0 Å². The van der Waals surface area contributed by atoms with E-state index >= 15 is 0 Å². The maximum atomic E-state index is 2.22. The summed E-state index contributed by atoms with van der Waals surface area (Å²) in [5.41, 5.74) is 0. The quantitative estimate of drug-likeness (QED) is 0.259. The van der Waals surface area contributed by atoms with Crippen LogP contribution >= 0.6 is 0 Å². The van der Waals surface area contributed by atoms with Crippen LogP contribution in [0.15, 0.2) is 0 Å². The van der Waals surface area contributed by atoms with Crippen molar-refractivity contribution in [3.63, 3.8) is 0 Å². The number of hydrogen-bond acceptors (Lipinski definition) is 0. The Morgan fingerprint density at radius 3 is 0.394 bits per heavy atom. The molecule has 33 heavy (non-hydrogen) atoms. The van der Waals surface area contributed by atoms with Crippen LogP contribution in [0.4, 0.5) is 0 Å². The first-order valence-electron chi connectivity index (χ1n) is 9.37. The van der Waals surface area contributed by atoms with Gasteiger partial charge in [-0.15, -0.1) is 0 Å². The standard InChI is InChI=1S/2C5H12.2C3H8.2C2H6.6CH4.5Ar.2Pt/c2*1-4-5(2)3;2*1-3-2;2*1-2;;;;;;;;;;;;;/h2*5H,4H2,1-3H3;2*3H2,1-2H3;2*1-2H3;6*1H4;;;;;;;. The third-order valence-corrected chi connectivity index (χ3v) is 1.63. The first-order chi connectivity index (χ1) is 9.37. The molecule has 0 amide bonds. The van der Waals surface area contributed by atoms with Gasteiger partial charge in [0.05, 0.1) is 0 Å². The molecule has 0 rings (SSSR count). The van der Waals surface area contributed by atoms with Crippen LogP contribution in [-0.2, 0) is 42.1 Å². The van der Waals surface area contributed by atoms with E-state index in [-0.39, 0.29) is 275 Å². The Morgan fingerprint density at radius 2 is 0.394 bits per heavy atom. The van der Waals surface area contributed by atoms with Gasteiger partial charge in [0.25, 0.3) is 0 Å². The zero-order valence-electron chi connectivity index (χ0n) is 20.4. The van der Waals surface area contributed by atoms with E-state index in [4.69, 9.17) is 0 Å². The molecule has 0 fully saturated rings. The maximum absolute atomic E-state index is 2.22. The van der Waals surface area contributed by atoms with Crippen LogP contribution in [0.2, 0.25) is 0 Å². The first kappa shape index (κ1) is 136. The Kier molecular flexibility index (Phi) is 784. The molecule has 0 aromatic heterocycles. The normalized spacial score (nSPS) is 4.36. The van der Waals surface area contributed by atoms with Crippen LogP contribution in [-0.4, -0.2) is 0 Å². The Bertz CT molecular complexity index is 83.1. The molecule has 0 bridgehead atoms. The van der Waals surface area contributed by atoms with Crippen molar-refractivity contribution >= 4 is 0 Å². The molecule has 0 heterocycles. The molecule has 0 N–H and O–H groups in total. The van der Waals surface area contributed by atoms with Gasteiger partial charge in [0.15, 0.2) is 0 Å². The van der Waals surface area contributed by atoms with E-state index in [1.54, 1.807) is 0 Å². The van der Waals surface area contributed by atoms with Gasteiger partial charge < -0.3 is 0 Å². The molecule has 0 aliphatic carbocycles. The average molecular weight is 979 g/mol. The molecule has 0 aromatic rings. The maximum Gasteiger partial charge on any atom is 0 e. The first-order valence-corrected chi connectivity index (χ1v) is 9.37. The minimum absolute atomic E-state index is 0. The van der Waals surface area contributed by atoms with Crippen molar-refractivity contribution in [1.29, 1.82) is 0 Å². The zero-order valence-corrected chi connectivity index (χ0v) is 28.5. The van der Waals surface area contributed by atoms with Crippen molar-refractivity contribution in [1.82, 2.24) is 0 Å². The molecule has 0 saturated carbocycles. The predicted molar refractivity (Wildman–Crippen MR) is 145 cm³/mol. The largest absolute Gasteiger partial charge is 0.0776 e. The van der Waals surface area contributed by atoms with E-state index in [9.17, 15) is 0 Å². The van der Waals surface area contributed by atoms with Crippen molar-refractivity contribution < 1.29 is 231 Å². The monoisotopic (exact) mass is 978 g/mol. The van der Waals surface area contributed by atoms with E-state index in [0.717, 1.165) is 11.8 Å². The molecule has 0 saturated heterocycles. The molecule has 0 aromatic carbocycles. The van der Waals surface area contributed by atoms with Crippen LogP contribution < -0.4 is 0 Å². The summed E-state index contributed by atoms with van der Waals surface area (Å²) >= 11 is 0. The molecule has 0 aliphatic rings. The topological polar surface area (TPSA) is 0 Å². The van der Waals surface area contributed by atoms with Crippen molar-refractivity contribution in [3.05, 3.63) is 0 Å². The minimum Gasteiger partial charge on any atom is -0.0776 e. The summed E-state index contributed by atoms with van der Waals surface area (Å²) in [5, 5.41) is 0. The van der Waals surface area contributed by atoms with Gasteiger partial charge in [-0.1, -0.05) is 167 Å². The Morgan fingerprint density at radius 1 is 0.364 bits per heavy atom. The van der Waals surface area contributed by atoms with Gasteiger partial charge >= 0.3 is 0 Å². The summed E-state index contributed by atoms with van der Waals surface area (Å²) in [6.07, 6.45) is 5.11. The molecule has 0 unspecified atom stereocenters. The fourth-order valence-electron chi connectivity index (χ4n) is 0. The average Bonchev–Trinajstić information content (AvgIpc) is 2.45. The third kappa shape index (κ3) is 413. The van der Waals surface area contributed by atoms with E-state index in [1.807, 2.05) is 27.7 Å². The van der Waals surface area contributed by atoms with Gasteiger partial charge in [0.2, 0.25) is 0 Å². The van der Waals surface area contributed by atoms with E-state index < -0.39 is 0 Å². The van der Waals surface area contributed by atoms with Crippen molar-refractivity contribution in [2.45, 2.75) is 167 Å². The fraction of sp³-hybridized carbons (Fsp3) is 1.00. The second-order valence-corrected chi connectivity index (χ2v) is 5.02. The summed E-state index contributed by atoms with van der Waals surface area (Å²) in [4.78, 5) is 0. The van der Waals surface area contributed by atoms with Crippen LogP contribution in [0.3, 0.4) is 0 Å². The summed E-state index contributed by atoms with van der Waals surface area (Å²) in [6, 6.07) is 0. The van der Waals surface area contributed by atoms with E-state index in [0.29, 0.717) is 0 Å². The van der Waals surface area contributed by atoms with Crippen molar-refractivity contribution in [2.75, 3.05) is 0 Å². The van der Waals surface area contributed by atoms with Crippen LogP contribution in [0.25, 0.3) is 0 Å². The summed E-state index contributed by atoms with van der Waals surface area (Å²) in [6.45, 7) is 29.8. The van der Waals surface area contributed by atoms with Crippen molar-refractivity contribution in [3.8, 4) is 0 Å². The fourth-order valence-corrected chi connectivity index (χ4v) is 0. The molecular formula is C26H76Ar5Pt2. The van der Waals surface area contributed by atoms with Crippen LogP contribution in [0, 0.1) is 201 Å². The van der Waals surface area contributed by atoms with Gasteiger partial charge in [0, 0.05) is 231 Å². The van der Waals surface area contributed by atoms with Crippen LogP contribution in [0.1, 0.15) is 167 Å². The molecule has 7 heteroatoms. The second kappa shape index (κ2) is 190. The van der Waals surface area contributed by atoms with Gasteiger partial charge in [-0.25, -0.2) is 0 Å². The molecular weight excluding hydrogens is 902 g/mol. The summed E-state index contributed by atoms with van der Waals surface area (Å²) in [5.74, 6) is 1.77. The van der Waals surface area contributed by atoms with Gasteiger partial charge in [-0.2, -0.15) is 0 Å². The molecule has 0 aliphatic heterocycles. The molecule has 0 radical (unpaired) electrons. The second-order valence-electron chi connectivity index (χ2n) is 5.02. The van der Waals surface area contributed by atoms with E-state index in [1.165, 1.54) is 25.7 Å². The Labute approximate surface area is 400 Å². The third-order valence-electron chi connectivity index (χ3n) is 1.63. The molecule has 240 valence electrons. The number of rotatable bonds is 2. The molecule has 0 atom stereocenters. The molecule has 0 nitrogen and oxygen atoms in total. The predicted octanol–water partition coefficient (Wildman–Crippen LogP) is 12.8. The Balaban J connectivity index is -0.00000000398. The zero-order chi connectivity index (χ0) is 18.0. The van der Waals surface area contributed by atoms with Gasteiger partial charge in [-0.05, 0) is 11.8 Å². The van der Waals surface area contributed by atoms with Crippen LogP contribution in [0.5, 0.6) is 0 Å². The SMILES string of the molecule is C.C.C.C.C.C.CC.CC.CCC.CCC.CCC(C)C.CCC(C)C.[Ar].[Ar].[Ar].[Ar].[Ar].[Pt].[Pt]. The smallest absolute Gasteiger partial charge is 0 e. The number of hydrogen-bond donors (Lipinski definition) is 0. The van der Waals surface area contributed by atoms with E-state index in [2.05, 4.69) is 69.2 Å². The van der Waals surface area contributed by atoms with Gasteiger partial charge in [0.1, 0.15) is 0 Å². The summed E-state index contributed by atoms with van der Waals surface area (Å²) in [7, 11) is 0. The minimum atomic E-state index is 0. The van der Waals surface area contributed by atoms with Crippen molar-refractivity contribution in [2.24, 2.45) is 11.8 Å². The summed E-state index contributed by atoms with van der Waals surface area (Å²) < 4.78 is 0.